The van der Waals surface area contributed by atoms with Gasteiger partial charge in [-0.25, -0.2) is 15.8 Å². The molecule has 0 aliphatic rings. The van der Waals surface area contributed by atoms with E-state index in [0.717, 1.165) is 27.0 Å². The molecule has 0 atom stereocenters. The van der Waals surface area contributed by atoms with E-state index < -0.39 is 0 Å². The first-order chi connectivity index (χ1) is 8.56. The van der Waals surface area contributed by atoms with Crippen molar-refractivity contribution in [3.05, 3.63) is 26.1 Å². The average molecular weight is 348 g/mol. The molecule has 4 nitrogen and oxygen atoms in total. The topological polar surface area (TPSA) is 63.8 Å². The summed E-state index contributed by atoms with van der Waals surface area (Å²) in [6.07, 6.45) is 0.834. The maximum atomic E-state index is 6.03. The van der Waals surface area contributed by atoms with E-state index in [4.69, 9.17) is 17.4 Å². The van der Waals surface area contributed by atoms with Crippen LogP contribution in [0.25, 0.3) is 10.7 Å². The van der Waals surface area contributed by atoms with Gasteiger partial charge in [-0.05, 0) is 35.3 Å². The minimum atomic E-state index is 0.634. The monoisotopic (exact) mass is 346 g/mol. The molecule has 3 N–H and O–H groups in total. The number of rotatable bonds is 3. The second-order valence-corrected chi connectivity index (χ2v) is 6.20. The summed E-state index contributed by atoms with van der Waals surface area (Å²) in [5.41, 5.74) is 4.59. The Morgan fingerprint density at radius 3 is 2.72 bits per heavy atom. The number of hydrazine groups is 1. The number of nitrogen functional groups attached to an aromatic ring is 1. The third-order valence-corrected chi connectivity index (χ3v) is 5.04. The van der Waals surface area contributed by atoms with Gasteiger partial charge in [0.15, 0.2) is 5.82 Å². The van der Waals surface area contributed by atoms with E-state index in [1.165, 1.54) is 11.3 Å². The fourth-order valence-corrected chi connectivity index (χ4v) is 3.34. The smallest absolute Gasteiger partial charge is 0.172 e. The van der Waals surface area contributed by atoms with E-state index in [0.29, 0.717) is 16.0 Å². The zero-order valence-electron chi connectivity index (χ0n) is 9.92. The van der Waals surface area contributed by atoms with Crippen molar-refractivity contribution < 1.29 is 0 Å². The molecule has 0 fully saturated rings. The highest BCUT2D eigenvalue weighted by molar-refractivity contribution is 9.10. The van der Waals surface area contributed by atoms with Crippen LogP contribution in [0.3, 0.4) is 0 Å². The van der Waals surface area contributed by atoms with Crippen LogP contribution in [0, 0.1) is 6.92 Å². The number of halogens is 2. The summed E-state index contributed by atoms with van der Waals surface area (Å²) in [6, 6.07) is 1.91. The minimum absolute atomic E-state index is 0.634. The van der Waals surface area contributed by atoms with Gasteiger partial charge in [-0.1, -0.05) is 18.5 Å². The zero-order chi connectivity index (χ0) is 13.3. The summed E-state index contributed by atoms with van der Waals surface area (Å²) in [6.45, 7) is 4.00. The van der Waals surface area contributed by atoms with Gasteiger partial charge < -0.3 is 5.43 Å². The Balaban J connectivity index is 2.55. The summed E-state index contributed by atoms with van der Waals surface area (Å²) >= 11 is 10.8. The predicted octanol–water partition coefficient (Wildman–Crippen LogP) is 3.78. The van der Waals surface area contributed by atoms with Crippen LogP contribution in [0.2, 0.25) is 4.34 Å². The van der Waals surface area contributed by atoms with Gasteiger partial charge in [0.25, 0.3) is 0 Å². The maximum Gasteiger partial charge on any atom is 0.172 e. The number of thiophene rings is 1. The zero-order valence-corrected chi connectivity index (χ0v) is 13.1. The van der Waals surface area contributed by atoms with E-state index in [2.05, 4.69) is 31.3 Å². The maximum absolute atomic E-state index is 6.03. The summed E-state index contributed by atoms with van der Waals surface area (Å²) in [5, 5.41) is 0. The summed E-state index contributed by atoms with van der Waals surface area (Å²) in [5.74, 6) is 6.81. The van der Waals surface area contributed by atoms with Crippen LogP contribution in [0.1, 0.15) is 18.2 Å². The summed E-state index contributed by atoms with van der Waals surface area (Å²) in [4.78, 5) is 9.84. The number of anilines is 1. The van der Waals surface area contributed by atoms with Crippen LogP contribution in [0.5, 0.6) is 0 Å². The molecule has 0 saturated heterocycles. The Labute approximate surface area is 123 Å². The highest BCUT2D eigenvalue weighted by Crippen LogP contribution is 2.37. The first-order valence-corrected chi connectivity index (χ1v) is 7.34. The Bertz CT molecular complexity index is 565. The van der Waals surface area contributed by atoms with E-state index >= 15 is 0 Å². The normalized spacial score (nSPS) is 10.7. The van der Waals surface area contributed by atoms with Gasteiger partial charge in [-0.15, -0.1) is 11.3 Å². The van der Waals surface area contributed by atoms with Crippen LogP contribution in [0.15, 0.2) is 10.5 Å². The Morgan fingerprint density at radius 1 is 1.50 bits per heavy atom. The first kappa shape index (κ1) is 13.7. The second kappa shape index (κ2) is 5.52. The lowest BCUT2D eigenvalue weighted by Crippen LogP contribution is -2.13. The predicted molar refractivity (Wildman–Crippen MR) is 80.0 cm³/mol. The number of nitrogens with zero attached hydrogens (tertiary/aromatic N) is 2. The largest absolute Gasteiger partial charge is 0.308 e. The standard InChI is InChI=1S/C11H12BrClN4S/c1-3-6-5(2)15-11(16-10(6)17-14)8-4-7(12)9(13)18-8/h4H,3,14H2,1-2H3,(H,15,16,17). The average Bonchev–Trinajstić information content (AvgIpc) is 2.68. The quantitative estimate of drug-likeness (QED) is 0.655. The second-order valence-electron chi connectivity index (χ2n) is 3.69. The van der Waals surface area contributed by atoms with Crippen LogP contribution in [-0.2, 0) is 6.42 Å². The van der Waals surface area contributed by atoms with E-state index in [1.807, 2.05) is 19.9 Å². The van der Waals surface area contributed by atoms with E-state index in [9.17, 15) is 0 Å². The lowest BCUT2D eigenvalue weighted by Gasteiger charge is -2.10. The van der Waals surface area contributed by atoms with Crippen molar-refractivity contribution in [2.24, 2.45) is 5.84 Å². The summed E-state index contributed by atoms with van der Waals surface area (Å²) in [7, 11) is 0. The van der Waals surface area contributed by atoms with Crippen LogP contribution in [-0.4, -0.2) is 9.97 Å². The Morgan fingerprint density at radius 2 is 2.22 bits per heavy atom. The SMILES string of the molecule is CCc1c(C)nc(-c2cc(Br)c(Cl)s2)nc1NN. The fourth-order valence-electron chi connectivity index (χ4n) is 1.71. The number of aromatic nitrogens is 2. The van der Waals surface area contributed by atoms with Gasteiger partial charge in [0, 0.05) is 15.7 Å². The van der Waals surface area contributed by atoms with Crippen LogP contribution >= 0.6 is 38.9 Å². The molecule has 0 radical (unpaired) electrons. The molecule has 0 saturated carbocycles. The molecule has 0 unspecified atom stereocenters. The molecular weight excluding hydrogens is 336 g/mol. The molecular formula is C11H12BrClN4S. The van der Waals surface area contributed by atoms with Gasteiger partial charge >= 0.3 is 0 Å². The summed E-state index contributed by atoms with van der Waals surface area (Å²) < 4.78 is 1.54. The van der Waals surface area contributed by atoms with E-state index in [-0.39, 0.29) is 0 Å². The molecule has 0 amide bonds. The lowest BCUT2D eigenvalue weighted by molar-refractivity contribution is 0.997. The minimum Gasteiger partial charge on any atom is -0.308 e. The number of aryl methyl sites for hydroxylation is 1. The number of hydrogen-bond donors (Lipinski definition) is 2. The molecule has 0 aliphatic carbocycles. The molecule has 0 aliphatic heterocycles. The molecule has 18 heavy (non-hydrogen) atoms. The molecule has 2 aromatic rings. The molecule has 7 heteroatoms. The molecule has 2 aromatic heterocycles. The third kappa shape index (κ3) is 2.51. The van der Waals surface area contributed by atoms with Crippen molar-refractivity contribution in [3.63, 3.8) is 0 Å². The fraction of sp³-hybridized carbons (Fsp3) is 0.273. The highest BCUT2D eigenvalue weighted by Gasteiger charge is 2.14. The molecule has 2 rings (SSSR count). The van der Waals surface area contributed by atoms with Gasteiger partial charge in [0.05, 0.1) is 4.88 Å². The van der Waals surface area contributed by atoms with Crippen molar-refractivity contribution in [1.82, 2.24) is 9.97 Å². The molecule has 2 heterocycles. The van der Waals surface area contributed by atoms with Crippen LogP contribution in [0.4, 0.5) is 5.82 Å². The Hall–Kier alpha value is -0.690. The van der Waals surface area contributed by atoms with Gasteiger partial charge in [0.1, 0.15) is 10.2 Å². The van der Waals surface area contributed by atoms with Gasteiger partial charge in [-0.2, -0.15) is 0 Å². The van der Waals surface area contributed by atoms with Crippen molar-refractivity contribution in [2.45, 2.75) is 20.3 Å². The van der Waals surface area contributed by atoms with Gasteiger partial charge in [0.2, 0.25) is 0 Å². The third-order valence-electron chi connectivity index (χ3n) is 2.57. The van der Waals surface area contributed by atoms with Crippen molar-refractivity contribution in [3.8, 4) is 10.7 Å². The number of nitrogens with one attached hydrogen (secondary N) is 1. The molecule has 0 bridgehead atoms. The molecule has 0 spiro atoms. The van der Waals surface area contributed by atoms with Crippen molar-refractivity contribution in [1.29, 1.82) is 0 Å². The Kier molecular flexibility index (Phi) is 4.21. The van der Waals surface area contributed by atoms with Gasteiger partial charge in [-0.3, -0.25) is 0 Å². The van der Waals surface area contributed by atoms with Crippen LogP contribution < -0.4 is 11.3 Å². The van der Waals surface area contributed by atoms with E-state index in [1.54, 1.807) is 0 Å². The van der Waals surface area contributed by atoms with Crippen molar-refractivity contribution in [2.75, 3.05) is 5.43 Å². The lowest BCUT2D eigenvalue weighted by atomic mass is 10.1. The molecule has 0 aromatic carbocycles. The number of hydrogen-bond acceptors (Lipinski definition) is 5. The highest BCUT2D eigenvalue weighted by atomic mass is 79.9. The first-order valence-electron chi connectivity index (χ1n) is 5.36. The molecule has 96 valence electrons. The van der Waals surface area contributed by atoms with Crippen molar-refractivity contribution >= 4 is 44.7 Å². The number of nitrogens with two attached hydrogens (primary N) is 1.